The Kier molecular flexibility index (Phi) is 6.66. The van der Waals surface area contributed by atoms with Gasteiger partial charge in [0, 0.05) is 19.2 Å². The Bertz CT molecular complexity index is 504. The summed E-state index contributed by atoms with van der Waals surface area (Å²) in [5, 5.41) is 0. The molecule has 21 heavy (non-hydrogen) atoms. The van der Waals surface area contributed by atoms with Crippen LogP contribution in [0.15, 0.2) is 42.0 Å². The van der Waals surface area contributed by atoms with Crippen LogP contribution in [0.5, 0.6) is 0 Å². The van der Waals surface area contributed by atoms with Crippen LogP contribution in [0.3, 0.4) is 0 Å². The first-order chi connectivity index (χ1) is 9.93. The number of esters is 1. The highest BCUT2D eigenvalue weighted by Crippen LogP contribution is 2.10. The second-order valence-corrected chi connectivity index (χ2v) is 5.35. The van der Waals surface area contributed by atoms with Gasteiger partial charge in [-0.25, -0.2) is 0 Å². The molecule has 114 valence electrons. The molecule has 1 atom stereocenters. The summed E-state index contributed by atoms with van der Waals surface area (Å²) in [4.78, 5) is 25.5. The van der Waals surface area contributed by atoms with E-state index < -0.39 is 0 Å². The number of hydrogen-bond acceptors (Lipinski definition) is 3. The zero-order chi connectivity index (χ0) is 15.8. The first-order valence-electron chi connectivity index (χ1n) is 6.99. The van der Waals surface area contributed by atoms with Crippen LogP contribution in [0.2, 0.25) is 0 Å². The number of ether oxygens (including phenoxy) is 1. The van der Waals surface area contributed by atoms with Crippen molar-refractivity contribution in [2.75, 3.05) is 13.7 Å². The fraction of sp³-hybridized carbons (Fsp3) is 0.412. The SMILES string of the molecule is COC(=O)C(C)CN(Cc1ccccc1)C(=O)C=C(C)C. The van der Waals surface area contributed by atoms with Crippen LogP contribution in [-0.2, 0) is 20.9 Å². The number of methoxy groups -OCH3 is 1. The smallest absolute Gasteiger partial charge is 0.310 e. The standard InChI is InChI=1S/C17H23NO3/c1-13(2)10-16(19)18(11-14(3)17(20)21-4)12-15-8-6-5-7-9-15/h5-10,14H,11-12H2,1-4H3. The number of allylic oxidation sites excluding steroid dienone is 1. The first-order valence-corrected chi connectivity index (χ1v) is 6.99. The number of rotatable bonds is 6. The van der Waals surface area contributed by atoms with Gasteiger partial charge in [0.05, 0.1) is 13.0 Å². The van der Waals surface area contributed by atoms with E-state index >= 15 is 0 Å². The highest BCUT2D eigenvalue weighted by Gasteiger charge is 2.20. The van der Waals surface area contributed by atoms with Gasteiger partial charge in [0.1, 0.15) is 0 Å². The molecule has 0 saturated carbocycles. The van der Waals surface area contributed by atoms with E-state index in [4.69, 9.17) is 4.74 Å². The van der Waals surface area contributed by atoms with Crippen LogP contribution >= 0.6 is 0 Å². The van der Waals surface area contributed by atoms with Gasteiger partial charge in [0.2, 0.25) is 5.91 Å². The van der Waals surface area contributed by atoms with Gasteiger partial charge in [-0.05, 0) is 19.4 Å². The highest BCUT2D eigenvalue weighted by atomic mass is 16.5. The van der Waals surface area contributed by atoms with Crippen LogP contribution < -0.4 is 0 Å². The molecular weight excluding hydrogens is 266 g/mol. The minimum absolute atomic E-state index is 0.0883. The Morgan fingerprint density at radius 1 is 1.24 bits per heavy atom. The van der Waals surface area contributed by atoms with Crippen molar-refractivity contribution in [3.63, 3.8) is 0 Å². The summed E-state index contributed by atoms with van der Waals surface area (Å²) < 4.78 is 4.73. The molecule has 1 unspecified atom stereocenters. The molecule has 4 heteroatoms. The lowest BCUT2D eigenvalue weighted by Crippen LogP contribution is -2.36. The summed E-state index contributed by atoms with van der Waals surface area (Å²) in [6.45, 7) is 6.33. The van der Waals surface area contributed by atoms with Crippen LogP contribution in [0, 0.1) is 5.92 Å². The van der Waals surface area contributed by atoms with Crippen molar-refractivity contribution >= 4 is 11.9 Å². The quantitative estimate of drug-likeness (QED) is 0.597. The van der Waals surface area contributed by atoms with E-state index in [1.165, 1.54) is 7.11 Å². The fourth-order valence-corrected chi connectivity index (χ4v) is 1.98. The van der Waals surface area contributed by atoms with Crippen molar-refractivity contribution in [1.29, 1.82) is 0 Å². The van der Waals surface area contributed by atoms with Crippen LogP contribution in [0.1, 0.15) is 26.3 Å². The summed E-state index contributed by atoms with van der Waals surface area (Å²) in [5.74, 6) is -0.749. The molecule has 0 spiro atoms. The van der Waals surface area contributed by atoms with E-state index in [9.17, 15) is 9.59 Å². The molecule has 1 aromatic carbocycles. The molecule has 0 bridgehead atoms. The van der Waals surface area contributed by atoms with Gasteiger partial charge >= 0.3 is 5.97 Å². The monoisotopic (exact) mass is 289 g/mol. The van der Waals surface area contributed by atoms with Crippen molar-refractivity contribution in [3.8, 4) is 0 Å². The largest absolute Gasteiger partial charge is 0.469 e. The molecular formula is C17H23NO3. The molecule has 0 aliphatic heterocycles. The molecule has 0 aliphatic rings. The van der Waals surface area contributed by atoms with E-state index in [1.54, 1.807) is 17.9 Å². The Morgan fingerprint density at radius 2 is 1.86 bits per heavy atom. The fourth-order valence-electron chi connectivity index (χ4n) is 1.98. The molecule has 0 N–H and O–H groups in total. The molecule has 0 fully saturated rings. The third kappa shape index (κ3) is 5.81. The topological polar surface area (TPSA) is 46.6 Å². The molecule has 0 aliphatic carbocycles. The zero-order valence-corrected chi connectivity index (χ0v) is 13.1. The van der Waals surface area contributed by atoms with E-state index in [-0.39, 0.29) is 17.8 Å². The first kappa shape index (κ1) is 17.0. The molecule has 4 nitrogen and oxygen atoms in total. The van der Waals surface area contributed by atoms with Crippen molar-refractivity contribution in [1.82, 2.24) is 4.90 Å². The third-order valence-electron chi connectivity index (χ3n) is 3.04. The van der Waals surface area contributed by atoms with Gasteiger partial charge in [0.25, 0.3) is 0 Å². The highest BCUT2D eigenvalue weighted by molar-refractivity contribution is 5.88. The zero-order valence-electron chi connectivity index (χ0n) is 13.1. The van der Waals surface area contributed by atoms with Gasteiger partial charge in [-0.2, -0.15) is 0 Å². The molecule has 0 radical (unpaired) electrons. The molecule has 1 amide bonds. The predicted octanol–water partition coefficient (Wildman–Crippen LogP) is 2.79. The van der Waals surface area contributed by atoms with Crippen LogP contribution in [0.4, 0.5) is 0 Å². The maximum atomic E-state index is 12.3. The van der Waals surface area contributed by atoms with Gasteiger partial charge in [-0.1, -0.05) is 42.8 Å². The second kappa shape index (κ2) is 8.25. The minimum atomic E-state index is -0.353. The Morgan fingerprint density at radius 3 is 2.38 bits per heavy atom. The van der Waals surface area contributed by atoms with E-state index in [0.717, 1.165) is 11.1 Å². The Labute approximate surface area is 126 Å². The normalized spacial score (nSPS) is 11.4. The predicted molar refractivity (Wildman–Crippen MR) is 82.5 cm³/mol. The molecule has 1 rings (SSSR count). The summed E-state index contributed by atoms with van der Waals surface area (Å²) in [6, 6.07) is 9.73. The van der Waals surface area contributed by atoms with Gasteiger partial charge in [-0.3, -0.25) is 9.59 Å². The lowest BCUT2D eigenvalue weighted by molar-refractivity contribution is -0.146. The lowest BCUT2D eigenvalue weighted by atomic mass is 10.1. The van der Waals surface area contributed by atoms with Crippen LogP contribution in [-0.4, -0.2) is 30.4 Å². The molecule has 0 aromatic heterocycles. The maximum Gasteiger partial charge on any atom is 0.310 e. The summed E-state index contributed by atoms with van der Waals surface area (Å²) in [6.07, 6.45) is 1.59. The number of hydrogen-bond donors (Lipinski definition) is 0. The van der Waals surface area contributed by atoms with Crippen molar-refractivity contribution in [2.24, 2.45) is 5.92 Å². The summed E-state index contributed by atoms with van der Waals surface area (Å²) in [5.41, 5.74) is 1.97. The average Bonchev–Trinajstić information content (AvgIpc) is 2.45. The van der Waals surface area contributed by atoms with E-state index in [0.29, 0.717) is 13.1 Å². The second-order valence-electron chi connectivity index (χ2n) is 5.35. The third-order valence-corrected chi connectivity index (χ3v) is 3.04. The number of amides is 1. The number of nitrogens with zero attached hydrogens (tertiary/aromatic N) is 1. The van der Waals surface area contributed by atoms with Crippen molar-refractivity contribution < 1.29 is 14.3 Å². The maximum absolute atomic E-state index is 12.3. The number of carbonyl (C=O) groups excluding carboxylic acids is 2. The number of benzene rings is 1. The van der Waals surface area contributed by atoms with E-state index in [2.05, 4.69) is 0 Å². The molecule has 1 aromatic rings. The van der Waals surface area contributed by atoms with Gasteiger partial charge < -0.3 is 9.64 Å². The Hall–Kier alpha value is -2.10. The minimum Gasteiger partial charge on any atom is -0.469 e. The van der Waals surface area contributed by atoms with Gasteiger partial charge in [0.15, 0.2) is 0 Å². The summed E-state index contributed by atoms with van der Waals surface area (Å²) >= 11 is 0. The lowest BCUT2D eigenvalue weighted by Gasteiger charge is -2.24. The van der Waals surface area contributed by atoms with E-state index in [1.807, 2.05) is 44.2 Å². The molecule has 0 saturated heterocycles. The van der Waals surface area contributed by atoms with Crippen molar-refractivity contribution in [3.05, 3.63) is 47.5 Å². The van der Waals surface area contributed by atoms with Gasteiger partial charge in [-0.15, -0.1) is 0 Å². The Balaban J connectivity index is 2.87. The van der Waals surface area contributed by atoms with Crippen molar-refractivity contribution in [2.45, 2.75) is 27.3 Å². The number of carbonyl (C=O) groups is 2. The average molecular weight is 289 g/mol. The van der Waals surface area contributed by atoms with Crippen LogP contribution in [0.25, 0.3) is 0 Å². The molecule has 0 heterocycles. The summed E-state index contributed by atoms with van der Waals surface area (Å²) in [7, 11) is 1.36.